The molecular weight excluding hydrogens is 435 g/mol. The summed E-state index contributed by atoms with van der Waals surface area (Å²) in [5.74, 6) is 0.794. The maximum Gasteiger partial charge on any atom is 0.191 e. The first-order valence-electron chi connectivity index (χ1n) is 7.87. The SMILES string of the molecule is CCNC(=NCc1cccc(C)n1)NCCc1ccccc1Cl.I. The number of benzene rings is 1. The first kappa shape index (κ1) is 20.7. The van der Waals surface area contributed by atoms with E-state index in [9.17, 15) is 0 Å². The zero-order valence-electron chi connectivity index (χ0n) is 14.1. The topological polar surface area (TPSA) is 49.3 Å². The molecular formula is C18H24ClIN4. The van der Waals surface area contributed by atoms with Crippen molar-refractivity contribution in [2.24, 2.45) is 4.99 Å². The Labute approximate surface area is 166 Å². The van der Waals surface area contributed by atoms with Gasteiger partial charge in [-0.1, -0.05) is 35.9 Å². The maximum absolute atomic E-state index is 6.17. The van der Waals surface area contributed by atoms with Gasteiger partial charge in [0.25, 0.3) is 0 Å². The van der Waals surface area contributed by atoms with Gasteiger partial charge in [-0.2, -0.15) is 0 Å². The van der Waals surface area contributed by atoms with Gasteiger partial charge in [0.1, 0.15) is 0 Å². The van der Waals surface area contributed by atoms with E-state index in [1.54, 1.807) is 0 Å². The number of hydrogen-bond donors (Lipinski definition) is 2. The monoisotopic (exact) mass is 458 g/mol. The molecule has 4 nitrogen and oxygen atoms in total. The Morgan fingerprint density at radius 3 is 2.62 bits per heavy atom. The average molecular weight is 459 g/mol. The number of hydrogen-bond acceptors (Lipinski definition) is 2. The molecule has 0 aliphatic carbocycles. The number of rotatable bonds is 6. The van der Waals surface area contributed by atoms with Crippen molar-refractivity contribution in [3.05, 3.63) is 64.4 Å². The zero-order valence-corrected chi connectivity index (χ0v) is 17.1. The molecule has 24 heavy (non-hydrogen) atoms. The van der Waals surface area contributed by atoms with E-state index in [0.29, 0.717) is 6.54 Å². The fraction of sp³-hybridized carbons (Fsp3) is 0.333. The molecule has 0 aliphatic rings. The molecule has 0 atom stereocenters. The lowest BCUT2D eigenvalue weighted by Gasteiger charge is -2.11. The number of nitrogens with one attached hydrogen (secondary N) is 2. The van der Waals surface area contributed by atoms with Gasteiger partial charge in [-0.15, -0.1) is 24.0 Å². The third-order valence-electron chi connectivity index (χ3n) is 3.33. The van der Waals surface area contributed by atoms with Gasteiger partial charge < -0.3 is 10.6 Å². The van der Waals surface area contributed by atoms with E-state index in [1.807, 2.05) is 49.4 Å². The van der Waals surface area contributed by atoms with Crippen LogP contribution in [0.5, 0.6) is 0 Å². The molecule has 1 aromatic heterocycles. The molecule has 0 saturated carbocycles. The van der Waals surface area contributed by atoms with Crippen molar-refractivity contribution in [2.75, 3.05) is 13.1 Å². The summed E-state index contributed by atoms with van der Waals surface area (Å²) in [4.78, 5) is 9.04. The van der Waals surface area contributed by atoms with E-state index in [0.717, 1.165) is 47.4 Å². The average Bonchev–Trinajstić information content (AvgIpc) is 2.54. The standard InChI is InChI=1S/C18H23ClN4.HI/c1-3-20-18(22-13-16-9-6-7-14(2)23-16)21-12-11-15-8-4-5-10-17(15)19;/h4-10H,3,11-13H2,1-2H3,(H2,20,21,22);1H. The summed E-state index contributed by atoms with van der Waals surface area (Å²) in [5.41, 5.74) is 3.11. The highest BCUT2D eigenvalue weighted by Gasteiger charge is 2.01. The van der Waals surface area contributed by atoms with Crippen molar-refractivity contribution < 1.29 is 0 Å². The fourth-order valence-electron chi connectivity index (χ4n) is 2.21. The van der Waals surface area contributed by atoms with Crippen molar-refractivity contribution in [1.82, 2.24) is 15.6 Å². The van der Waals surface area contributed by atoms with Gasteiger partial charge in [-0.3, -0.25) is 4.98 Å². The molecule has 130 valence electrons. The van der Waals surface area contributed by atoms with Crippen LogP contribution in [0.25, 0.3) is 0 Å². The third kappa shape index (κ3) is 7.05. The van der Waals surface area contributed by atoms with E-state index < -0.39 is 0 Å². The molecule has 0 fully saturated rings. The highest BCUT2D eigenvalue weighted by molar-refractivity contribution is 14.0. The zero-order chi connectivity index (χ0) is 16.5. The Balaban J connectivity index is 0.00000288. The molecule has 2 aromatic rings. The number of nitrogens with zero attached hydrogens (tertiary/aromatic N) is 2. The highest BCUT2D eigenvalue weighted by atomic mass is 127. The van der Waals surface area contributed by atoms with Gasteiger partial charge in [0.2, 0.25) is 0 Å². The Hall–Kier alpha value is -1.34. The van der Waals surface area contributed by atoms with Crippen LogP contribution in [0.2, 0.25) is 5.02 Å². The van der Waals surface area contributed by atoms with Crippen LogP contribution in [0.4, 0.5) is 0 Å². The molecule has 6 heteroatoms. The summed E-state index contributed by atoms with van der Waals surface area (Å²) < 4.78 is 0. The second kappa shape index (κ2) is 11.3. The predicted molar refractivity (Wildman–Crippen MR) is 112 cm³/mol. The van der Waals surface area contributed by atoms with Crippen LogP contribution in [-0.2, 0) is 13.0 Å². The molecule has 0 spiro atoms. The van der Waals surface area contributed by atoms with Crippen LogP contribution < -0.4 is 10.6 Å². The predicted octanol–water partition coefficient (Wildman–Crippen LogP) is 3.96. The summed E-state index contributed by atoms with van der Waals surface area (Å²) >= 11 is 6.17. The number of aliphatic imine (C=N–C) groups is 1. The lowest BCUT2D eigenvalue weighted by Crippen LogP contribution is -2.38. The third-order valence-corrected chi connectivity index (χ3v) is 3.70. The van der Waals surface area contributed by atoms with Crippen molar-refractivity contribution in [3.63, 3.8) is 0 Å². The van der Waals surface area contributed by atoms with Gasteiger partial charge in [0.15, 0.2) is 5.96 Å². The van der Waals surface area contributed by atoms with Crippen LogP contribution in [0.15, 0.2) is 47.5 Å². The normalized spacial score (nSPS) is 10.9. The van der Waals surface area contributed by atoms with E-state index in [4.69, 9.17) is 11.6 Å². The van der Waals surface area contributed by atoms with Crippen LogP contribution in [0.1, 0.15) is 23.9 Å². The molecule has 0 amide bonds. The molecule has 0 aliphatic heterocycles. The first-order chi connectivity index (χ1) is 11.2. The largest absolute Gasteiger partial charge is 0.357 e. The second-order valence-electron chi connectivity index (χ2n) is 5.23. The minimum Gasteiger partial charge on any atom is -0.357 e. The quantitative estimate of drug-likeness (QED) is 0.391. The highest BCUT2D eigenvalue weighted by Crippen LogP contribution is 2.14. The Morgan fingerprint density at radius 2 is 1.92 bits per heavy atom. The summed E-state index contributed by atoms with van der Waals surface area (Å²) in [6.07, 6.45) is 0.854. The molecule has 0 radical (unpaired) electrons. The molecule has 1 aromatic carbocycles. The Bertz CT molecular complexity index is 661. The van der Waals surface area contributed by atoms with Gasteiger partial charge in [0, 0.05) is 23.8 Å². The van der Waals surface area contributed by atoms with Gasteiger partial charge >= 0.3 is 0 Å². The smallest absolute Gasteiger partial charge is 0.191 e. The van der Waals surface area contributed by atoms with E-state index in [1.165, 1.54) is 0 Å². The maximum atomic E-state index is 6.17. The lowest BCUT2D eigenvalue weighted by molar-refractivity contribution is 0.796. The number of aromatic nitrogens is 1. The van der Waals surface area contributed by atoms with Crippen molar-refractivity contribution in [1.29, 1.82) is 0 Å². The first-order valence-corrected chi connectivity index (χ1v) is 8.25. The van der Waals surface area contributed by atoms with Crippen LogP contribution in [0, 0.1) is 6.92 Å². The summed E-state index contributed by atoms with van der Waals surface area (Å²) in [7, 11) is 0. The minimum atomic E-state index is 0. The minimum absolute atomic E-state index is 0. The molecule has 0 bridgehead atoms. The van der Waals surface area contributed by atoms with Gasteiger partial charge in [-0.25, -0.2) is 4.99 Å². The number of guanidine groups is 1. The summed E-state index contributed by atoms with van der Waals surface area (Å²) in [6, 6.07) is 13.9. The summed E-state index contributed by atoms with van der Waals surface area (Å²) in [5, 5.41) is 7.39. The van der Waals surface area contributed by atoms with Crippen LogP contribution in [-0.4, -0.2) is 24.0 Å². The Morgan fingerprint density at radius 1 is 1.12 bits per heavy atom. The van der Waals surface area contributed by atoms with E-state index >= 15 is 0 Å². The molecule has 2 N–H and O–H groups in total. The van der Waals surface area contributed by atoms with E-state index in [2.05, 4.69) is 27.5 Å². The van der Waals surface area contributed by atoms with Crippen molar-refractivity contribution >= 4 is 41.5 Å². The van der Waals surface area contributed by atoms with Crippen LogP contribution >= 0.6 is 35.6 Å². The lowest BCUT2D eigenvalue weighted by atomic mass is 10.1. The molecule has 0 unspecified atom stereocenters. The van der Waals surface area contributed by atoms with Crippen molar-refractivity contribution in [3.8, 4) is 0 Å². The number of halogens is 2. The van der Waals surface area contributed by atoms with Crippen LogP contribution in [0.3, 0.4) is 0 Å². The number of aryl methyl sites for hydroxylation is 1. The van der Waals surface area contributed by atoms with E-state index in [-0.39, 0.29) is 24.0 Å². The van der Waals surface area contributed by atoms with Crippen molar-refractivity contribution in [2.45, 2.75) is 26.8 Å². The second-order valence-corrected chi connectivity index (χ2v) is 5.64. The Kier molecular flexibility index (Phi) is 9.71. The van der Waals surface area contributed by atoms with Gasteiger partial charge in [-0.05, 0) is 44.0 Å². The summed E-state index contributed by atoms with van der Waals surface area (Å²) in [6.45, 7) is 6.19. The molecule has 2 rings (SSSR count). The molecule has 0 saturated heterocycles. The number of pyridine rings is 1. The molecule has 1 heterocycles. The van der Waals surface area contributed by atoms with Gasteiger partial charge in [0.05, 0.1) is 12.2 Å². The fourth-order valence-corrected chi connectivity index (χ4v) is 2.44.